The van der Waals surface area contributed by atoms with Crippen LogP contribution >= 0.6 is 11.8 Å². The Kier molecular flexibility index (Phi) is 4.91. The number of hydrogen-bond donors (Lipinski definition) is 3. The number of carbonyl (C=O) groups is 4. The van der Waals surface area contributed by atoms with Crippen molar-refractivity contribution >= 4 is 40.4 Å². The van der Waals surface area contributed by atoms with Crippen molar-refractivity contribution < 1.29 is 24.1 Å². The summed E-state index contributed by atoms with van der Waals surface area (Å²) in [5, 5.41) is 11.2. The molecule has 2 rings (SSSR count). The normalized spacial score (nSPS) is 16.6. The number of nitro benzene ring substituents is 1. The van der Waals surface area contributed by atoms with Crippen molar-refractivity contribution in [3.8, 4) is 0 Å². The summed E-state index contributed by atoms with van der Waals surface area (Å²) in [7, 11) is 0. The van der Waals surface area contributed by atoms with Crippen LogP contribution in [0, 0.1) is 10.1 Å². The number of carbonyl (C=O) groups excluding carboxylic acids is 4. The molecular formula is C12H10N4O6S. The van der Waals surface area contributed by atoms with Gasteiger partial charge in [0.25, 0.3) is 16.8 Å². The van der Waals surface area contributed by atoms with Crippen molar-refractivity contribution in [1.82, 2.24) is 16.2 Å². The first kappa shape index (κ1) is 16.4. The summed E-state index contributed by atoms with van der Waals surface area (Å²) in [4.78, 5) is 55.5. The van der Waals surface area contributed by atoms with E-state index in [1.807, 2.05) is 5.32 Å². The van der Waals surface area contributed by atoms with Crippen LogP contribution in [0.3, 0.4) is 0 Å². The molecule has 1 atom stereocenters. The van der Waals surface area contributed by atoms with E-state index in [0.717, 1.165) is 12.1 Å². The first-order valence-corrected chi connectivity index (χ1v) is 7.10. The second-order valence-corrected chi connectivity index (χ2v) is 5.57. The topological polar surface area (TPSA) is 148 Å². The van der Waals surface area contributed by atoms with Gasteiger partial charge in [0, 0.05) is 24.1 Å². The Balaban J connectivity index is 1.84. The van der Waals surface area contributed by atoms with Crippen molar-refractivity contribution in [3.63, 3.8) is 0 Å². The lowest BCUT2D eigenvalue weighted by Crippen LogP contribution is -2.43. The van der Waals surface area contributed by atoms with Gasteiger partial charge in [0.05, 0.1) is 4.92 Å². The van der Waals surface area contributed by atoms with Crippen LogP contribution < -0.4 is 16.2 Å². The molecular weight excluding hydrogens is 328 g/mol. The van der Waals surface area contributed by atoms with Crippen LogP contribution in [0.4, 0.5) is 10.5 Å². The minimum atomic E-state index is -0.834. The zero-order chi connectivity index (χ0) is 17.0. The lowest BCUT2D eigenvalue weighted by Gasteiger charge is -2.08. The average molecular weight is 338 g/mol. The predicted octanol–water partition coefficient (Wildman–Crippen LogP) is 0.0975. The van der Waals surface area contributed by atoms with Crippen LogP contribution in [0.1, 0.15) is 16.8 Å². The number of imide groups is 1. The van der Waals surface area contributed by atoms with E-state index >= 15 is 0 Å². The van der Waals surface area contributed by atoms with E-state index in [1.54, 1.807) is 0 Å². The molecule has 3 N–H and O–H groups in total. The fourth-order valence-corrected chi connectivity index (χ4v) is 2.50. The summed E-state index contributed by atoms with van der Waals surface area (Å²) in [6.07, 6.45) is -0.275. The number of nitro groups is 1. The van der Waals surface area contributed by atoms with E-state index < -0.39 is 33.1 Å². The Bertz CT molecular complexity index is 689. The lowest BCUT2D eigenvalue weighted by molar-refractivity contribution is -0.384. The Morgan fingerprint density at radius 3 is 2.39 bits per heavy atom. The molecule has 23 heavy (non-hydrogen) atoms. The Hall–Kier alpha value is -2.95. The molecule has 0 spiro atoms. The molecule has 1 aliphatic rings. The number of rotatable bonds is 4. The maximum Gasteiger partial charge on any atom is 0.286 e. The molecule has 1 aromatic rings. The van der Waals surface area contributed by atoms with E-state index in [4.69, 9.17) is 0 Å². The number of hydrazine groups is 1. The number of non-ortho nitro benzene ring substituents is 1. The maximum atomic E-state index is 11.7. The minimum absolute atomic E-state index is 0.110. The molecule has 0 saturated carbocycles. The van der Waals surface area contributed by atoms with Gasteiger partial charge in [-0.15, -0.1) is 0 Å². The van der Waals surface area contributed by atoms with Crippen molar-refractivity contribution in [2.45, 2.75) is 11.7 Å². The molecule has 11 heteroatoms. The molecule has 1 aliphatic heterocycles. The predicted molar refractivity (Wildman–Crippen MR) is 78.2 cm³/mol. The van der Waals surface area contributed by atoms with E-state index in [2.05, 4.69) is 10.9 Å². The molecule has 1 unspecified atom stereocenters. The molecule has 120 valence electrons. The van der Waals surface area contributed by atoms with Gasteiger partial charge in [0.15, 0.2) is 0 Å². The Morgan fingerprint density at radius 1 is 1.22 bits per heavy atom. The number of nitrogens with one attached hydrogen (secondary N) is 3. The molecule has 0 bridgehead atoms. The van der Waals surface area contributed by atoms with Gasteiger partial charge in [0.1, 0.15) is 5.25 Å². The van der Waals surface area contributed by atoms with Gasteiger partial charge in [-0.05, 0) is 12.1 Å². The van der Waals surface area contributed by atoms with Gasteiger partial charge in [-0.2, -0.15) is 0 Å². The van der Waals surface area contributed by atoms with Crippen LogP contribution in [-0.2, 0) is 9.59 Å². The van der Waals surface area contributed by atoms with Crippen LogP contribution in [0.5, 0.6) is 0 Å². The highest BCUT2D eigenvalue weighted by molar-refractivity contribution is 8.15. The molecule has 0 radical (unpaired) electrons. The van der Waals surface area contributed by atoms with Crippen molar-refractivity contribution in [3.05, 3.63) is 39.9 Å². The Morgan fingerprint density at radius 2 is 1.87 bits per heavy atom. The van der Waals surface area contributed by atoms with Crippen molar-refractivity contribution in [2.75, 3.05) is 0 Å². The summed E-state index contributed by atoms with van der Waals surface area (Å²) < 4.78 is 0. The summed E-state index contributed by atoms with van der Waals surface area (Å²) >= 11 is 0.700. The highest BCUT2D eigenvalue weighted by Gasteiger charge is 2.33. The third kappa shape index (κ3) is 4.26. The van der Waals surface area contributed by atoms with Gasteiger partial charge < -0.3 is 0 Å². The molecule has 1 saturated heterocycles. The molecule has 1 fully saturated rings. The molecule has 1 aromatic carbocycles. The molecule has 0 aromatic heterocycles. The summed E-state index contributed by atoms with van der Waals surface area (Å²) in [5.41, 5.74) is 4.16. The third-order valence-corrected chi connectivity index (χ3v) is 3.77. The fourth-order valence-electron chi connectivity index (χ4n) is 1.68. The van der Waals surface area contributed by atoms with E-state index in [-0.39, 0.29) is 17.7 Å². The third-order valence-electron chi connectivity index (χ3n) is 2.79. The van der Waals surface area contributed by atoms with E-state index in [0.29, 0.717) is 11.8 Å². The minimum Gasteiger partial charge on any atom is -0.286 e. The zero-order valence-corrected chi connectivity index (χ0v) is 12.2. The number of thioether (sulfide) groups is 1. The monoisotopic (exact) mass is 338 g/mol. The summed E-state index contributed by atoms with van der Waals surface area (Å²) in [5.74, 6) is -1.88. The molecule has 0 aliphatic carbocycles. The first-order chi connectivity index (χ1) is 10.9. The quantitative estimate of drug-likeness (QED) is 0.521. The number of benzene rings is 1. The van der Waals surface area contributed by atoms with Gasteiger partial charge in [-0.3, -0.25) is 45.5 Å². The van der Waals surface area contributed by atoms with Gasteiger partial charge >= 0.3 is 0 Å². The summed E-state index contributed by atoms with van der Waals surface area (Å²) in [6, 6.07) is 4.78. The zero-order valence-electron chi connectivity index (χ0n) is 11.4. The SMILES string of the molecule is O=C(CC1SC(=O)NC1=O)NNC(=O)c1ccc([N+](=O)[O-])cc1. The average Bonchev–Trinajstić information content (AvgIpc) is 2.82. The highest BCUT2D eigenvalue weighted by atomic mass is 32.2. The smallest absolute Gasteiger partial charge is 0.286 e. The second-order valence-electron chi connectivity index (χ2n) is 4.39. The van der Waals surface area contributed by atoms with Crippen LogP contribution in [-0.4, -0.2) is 33.1 Å². The largest absolute Gasteiger partial charge is 0.286 e. The lowest BCUT2D eigenvalue weighted by atomic mass is 10.2. The first-order valence-electron chi connectivity index (χ1n) is 6.22. The number of hydrogen-bond acceptors (Lipinski definition) is 7. The Labute approximate surface area is 133 Å². The fraction of sp³-hybridized carbons (Fsp3) is 0.167. The van der Waals surface area contributed by atoms with Crippen molar-refractivity contribution in [2.24, 2.45) is 0 Å². The van der Waals surface area contributed by atoms with Gasteiger partial charge in [-0.1, -0.05) is 11.8 Å². The standard InChI is InChI=1S/C12H10N4O6S/c17-9(5-8-11(19)13-12(20)23-8)14-15-10(18)6-1-3-7(4-2-6)16(21)22/h1-4,8H,5H2,(H,14,17)(H,15,18)(H,13,19,20). The van der Waals surface area contributed by atoms with Crippen LogP contribution in [0.2, 0.25) is 0 Å². The number of amides is 4. The summed E-state index contributed by atoms with van der Waals surface area (Å²) in [6.45, 7) is 0. The van der Waals surface area contributed by atoms with E-state index in [1.165, 1.54) is 12.1 Å². The molecule has 1 heterocycles. The molecule has 10 nitrogen and oxygen atoms in total. The van der Waals surface area contributed by atoms with E-state index in [9.17, 15) is 29.3 Å². The highest BCUT2D eigenvalue weighted by Crippen LogP contribution is 2.21. The van der Waals surface area contributed by atoms with Crippen molar-refractivity contribution in [1.29, 1.82) is 0 Å². The maximum absolute atomic E-state index is 11.7. The van der Waals surface area contributed by atoms with Gasteiger partial charge in [-0.25, -0.2) is 0 Å². The molecule has 4 amide bonds. The van der Waals surface area contributed by atoms with Gasteiger partial charge in [0.2, 0.25) is 11.8 Å². The van der Waals surface area contributed by atoms with Crippen LogP contribution in [0.15, 0.2) is 24.3 Å². The number of nitrogens with zero attached hydrogens (tertiary/aromatic N) is 1. The van der Waals surface area contributed by atoms with Crippen LogP contribution in [0.25, 0.3) is 0 Å². The second kappa shape index (κ2) is 6.87.